The molecule has 0 fully saturated rings. The fraction of sp³-hybridized carbons (Fsp3) is 0.171. The minimum absolute atomic E-state index is 0.0680. The molecule has 0 N–H and O–H groups in total. The van der Waals surface area contributed by atoms with Gasteiger partial charge in [-0.3, -0.25) is 9.36 Å². The van der Waals surface area contributed by atoms with Crippen LogP contribution in [0.1, 0.15) is 29.7 Å². The lowest BCUT2D eigenvalue weighted by Crippen LogP contribution is -2.41. The topological polar surface area (TPSA) is 79.1 Å². The molecule has 0 bridgehead atoms. The number of carbonyl (C=O) groups is 1. The summed E-state index contributed by atoms with van der Waals surface area (Å²) in [4.78, 5) is 30.9. The first-order valence-electron chi connectivity index (χ1n) is 14.5. The number of hydrogen-bond acceptors (Lipinski definition) is 7. The van der Waals surface area contributed by atoms with Crippen LogP contribution < -0.4 is 24.4 Å². The van der Waals surface area contributed by atoms with E-state index in [2.05, 4.69) is 27.6 Å². The average Bonchev–Trinajstić information content (AvgIpc) is 3.37. The van der Waals surface area contributed by atoms with Crippen molar-refractivity contribution in [1.82, 2.24) is 4.57 Å². The predicted octanol–water partition coefficient (Wildman–Crippen LogP) is 7.34. The summed E-state index contributed by atoms with van der Waals surface area (Å²) in [5.41, 5.74) is -1.26. The van der Waals surface area contributed by atoms with Crippen LogP contribution in [0.3, 0.4) is 0 Å². The molecule has 0 aliphatic carbocycles. The van der Waals surface area contributed by atoms with Crippen LogP contribution in [0, 0.1) is 3.57 Å². The Morgan fingerprint density at radius 1 is 1.08 bits per heavy atom. The van der Waals surface area contributed by atoms with E-state index < -0.39 is 35.0 Å². The molecule has 7 nitrogen and oxygen atoms in total. The maximum atomic E-state index is 14.5. The molecule has 48 heavy (non-hydrogen) atoms. The molecule has 4 aromatic carbocycles. The summed E-state index contributed by atoms with van der Waals surface area (Å²) in [6.45, 7) is 1.48. The van der Waals surface area contributed by atoms with Crippen LogP contribution in [0.4, 0.5) is 13.2 Å². The molecule has 0 spiro atoms. The Balaban J connectivity index is 1.53. The number of halogens is 5. The Labute approximate surface area is 294 Å². The van der Waals surface area contributed by atoms with Crippen LogP contribution in [0.25, 0.3) is 16.8 Å². The highest BCUT2D eigenvalue weighted by atomic mass is 127. The summed E-state index contributed by atoms with van der Waals surface area (Å²) in [5.74, 6) is -0.479. The number of ether oxygens (including phenoxy) is 3. The third-order valence-corrected chi connectivity index (χ3v) is 9.45. The van der Waals surface area contributed by atoms with E-state index in [9.17, 15) is 22.8 Å². The monoisotopic (exact) mass is 804 g/mol. The van der Waals surface area contributed by atoms with Crippen LogP contribution in [-0.2, 0) is 16.1 Å². The van der Waals surface area contributed by atoms with Crippen molar-refractivity contribution in [2.75, 3.05) is 13.7 Å². The molecule has 5 aromatic rings. The van der Waals surface area contributed by atoms with Gasteiger partial charge in [-0.1, -0.05) is 77.5 Å². The summed E-state index contributed by atoms with van der Waals surface area (Å²) in [6, 6.07) is 21.7. The number of nitrogens with zero attached hydrogens (tertiary/aromatic N) is 2. The van der Waals surface area contributed by atoms with Crippen molar-refractivity contribution in [1.29, 1.82) is 0 Å². The Hall–Kier alpha value is -4.14. The number of rotatable bonds is 8. The van der Waals surface area contributed by atoms with E-state index in [0.717, 1.165) is 35.8 Å². The van der Waals surface area contributed by atoms with Gasteiger partial charge in [-0.05, 0) is 81.8 Å². The lowest BCUT2D eigenvalue weighted by Gasteiger charge is -2.26. The molecule has 0 amide bonds. The standard InChI is InChI=1S/C35H25ClF3IN2O5S/c1-3-46-33(44)28-29(20-11-13-23(36)14-12-20)42-32(43)27(48-34(42)41-31(28)35(37,38)39)16-22-15-24(40)17-26(45-2)30(22)47-18-21-9-6-8-19-7-4-5-10-25(19)21/h4-17,29H,3,18H2,1-2H3/b27-16-/t29-/m1/s1. The highest BCUT2D eigenvalue weighted by Crippen LogP contribution is 2.39. The van der Waals surface area contributed by atoms with Crippen molar-refractivity contribution in [3.63, 3.8) is 0 Å². The molecule has 0 unspecified atom stereocenters. The third-order valence-electron chi connectivity index (χ3n) is 7.59. The van der Waals surface area contributed by atoms with Crippen LogP contribution in [0.2, 0.25) is 5.02 Å². The van der Waals surface area contributed by atoms with Crippen molar-refractivity contribution >= 4 is 68.3 Å². The lowest BCUT2D eigenvalue weighted by molar-refractivity contribution is -0.140. The van der Waals surface area contributed by atoms with Crippen molar-refractivity contribution in [3.8, 4) is 11.5 Å². The van der Waals surface area contributed by atoms with Gasteiger partial charge in [0.25, 0.3) is 5.56 Å². The molecule has 1 aromatic heterocycles. The number of benzene rings is 4. The number of allylic oxidation sites excluding steroid dienone is 1. The molecule has 0 radical (unpaired) electrons. The van der Waals surface area contributed by atoms with E-state index in [-0.39, 0.29) is 28.1 Å². The molecular formula is C35H25ClF3IN2O5S. The van der Waals surface area contributed by atoms with Gasteiger partial charge in [-0.2, -0.15) is 13.2 Å². The smallest absolute Gasteiger partial charge is 0.434 e. The van der Waals surface area contributed by atoms with Crippen LogP contribution in [0.15, 0.2) is 99.9 Å². The first kappa shape index (κ1) is 33.7. The van der Waals surface area contributed by atoms with Crippen LogP contribution >= 0.6 is 45.5 Å². The van der Waals surface area contributed by atoms with Gasteiger partial charge in [-0.25, -0.2) is 9.79 Å². The zero-order chi connectivity index (χ0) is 34.2. The maximum Gasteiger partial charge on any atom is 0.434 e. The molecule has 1 atom stereocenters. The van der Waals surface area contributed by atoms with Crippen molar-refractivity contribution < 1.29 is 32.2 Å². The fourth-order valence-corrected chi connectivity index (χ4v) is 7.25. The van der Waals surface area contributed by atoms with Crippen molar-refractivity contribution in [2.24, 2.45) is 4.99 Å². The summed E-state index contributed by atoms with van der Waals surface area (Å²) in [6.07, 6.45) is -3.49. The molecular weight excluding hydrogens is 780 g/mol. The van der Waals surface area contributed by atoms with E-state index >= 15 is 0 Å². The number of alkyl halides is 3. The number of fused-ring (bicyclic) bond motifs is 2. The Kier molecular flexibility index (Phi) is 9.68. The average molecular weight is 805 g/mol. The zero-order valence-electron chi connectivity index (χ0n) is 25.3. The number of thiazole rings is 1. The molecule has 1 aliphatic heterocycles. The van der Waals surface area contributed by atoms with Gasteiger partial charge >= 0.3 is 12.1 Å². The minimum atomic E-state index is -5.02. The number of carbonyl (C=O) groups excluding carboxylic acids is 1. The Bertz CT molecular complexity index is 2260. The van der Waals surface area contributed by atoms with E-state index in [0.29, 0.717) is 22.1 Å². The van der Waals surface area contributed by atoms with Gasteiger partial charge in [0.05, 0.1) is 29.9 Å². The van der Waals surface area contributed by atoms with E-state index in [1.165, 1.54) is 44.4 Å². The third kappa shape index (κ3) is 6.61. The van der Waals surface area contributed by atoms with Gasteiger partial charge in [0.15, 0.2) is 22.0 Å². The highest BCUT2D eigenvalue weighted by molar-refractivity contribution is 14.1. The van der Waals surface area contributed by atoms with E-state index in [1.54, 1.807) is 12.1 Å². The van der Waals surface area contributed by atoms with Crippen LogP contribution in [0.5, 0.6) is 11.5 Å². The largest absolute Gasteiger partial charge is 0.493 e. The van der Waals surface area contributed by atoms with Gasteiger partial charge in [0, 0.05) is 14.2 Å². The predicted molar refractivity (Wildman–Crippen MR) is 186 cm³/mol. The first-order chi connectivity index (χ1) is 23.0. The normalized spacial score (nSPS) is 14.9. The lowest BCUT2D eigenvalue weighted by atomic mass is 9.95. The number of aromatic nitrogens is 1. The van der Waals surface area contributed by atoms with E-state index in [1.807, 2.05) is 42.5 Å². The molecule has 246 valence electrons. The molecule has 0 saturated heterocycles. The second-order valence-electron chi connectivity index (χ2n) is 10.6. The van der Waals surface area contributed by atoms with Gasteiger partial charge in [0.1, 0.15) is 6.61 Å². The molecule has 6 rings (SSSR count). The summed E-state index contributed by atoms with van der Waals surface area (Å²) >= 11 is 8.95. The molecule has 2 heterocycles. The minimum Gasteiger partial charge on any atom is -0.493 e. The summed E-state index contributed by atoms with van der Waals surface area (Å²) in [7, 11) is 1.50. The van der Waals surface area contributed by atoms with Crippen LogP contribution in [-0.4, -0.2) is 30.4 Å². The first-order valence-corrected chi connectivity index (χ1v) is 16.8. The highest BCUT2D eigenvalue weighted by Gasteiger charge is 2.45. The maximum absolute atomic E-state index is 14.5. The molecule has 0 saturated carbocycles. The molecule has 1 aliphatic rings. The second-order valence-corrected chi connectivity index (χ2v) is 13.3. The quantitative estimate of drug-likeness (QED) is 0.121. The Morgan fingerprint density at radius 2 is 1.81 bits per heavy atom. The fourth-order valence-electron chi connectivity index (χ4n) is 5.51. The summed E-state index contributed by atoms with van der Waals surface area (Å²) < 4.78 is 62.4. The van der Waals surface area contributed by atoms with E-state index in [4.69, 9.17) is 25.8 Å². The zero-order valence-corrected chi connectivity index (χ0v) is 29.0. The van der Waals surface area contributed by atoms with Gasteiger partial charge in [0.2, 0.25) is 0 Å². The number of methoxy groups -OCH3 is 1. The van der Waals surface area contributed by atoms with Crippen molar-refractivity contribution in [2.45, 2.75) is 25.7 Å². The SMILES string of the molecule is CCOC(=O)C1=C(C(F)(F)F)N=c2s/c(=C\c3cc(I)cc(OC)c3OCc3cccc4ccccc34)c(=O)n2[C@@H]1c1ccc(Cl)cc1. The van der Waals surface area contributed by atoms with Crippen molar-refractivity contribution in [3.05, 3.63) is 135 Å². The summed E-state index contributed by atoms with van der Waals surface area (Å²) in [5, 5.41) is 2.39. The van der Waals surface area contributed by atoms with Gasteiger partial charge < -0.3 is 14.2 Å². The number of esters is 1. The second kappa shape index (κ2) is 13.8. The van der Waals surface area contributed by atoms with Gasteiger partial charge in [-0.15, -0.1) is 0 Å². The molecule has 13 heteroatoms. The Morgan fingerprint density at radius 3 is 2.52 bits per heavy atom. The number of hydrogen-bond donors (Lipinski definition) is 0.